The number of aryl methyl sites for hydroxylation is 2. The van der Waals surface area contributed by atoms with Gasteiger partial charge in [0.1, 0.15) is 5.78 Å². The Bertz CT molecular complexity index is 367. The highest BCUT2D eigenvalue weighted by Crippen LogP contribution is 2.14. The molecular weight excluding hydrogens is 198 g/mol. The van der Waals surface area contributed by atoms with Crippen molar-refractivity contribution in [2.24, 2.45) is 0 Å². The molecule has 0 N–H and O–H groups in total. The van der Waals surface area contributed by atoms with Crippen LogP contribution in [-0.2, 0) is 11.3 Å². The molecule has 0 aliphatic carbocycles. The Labute approximate surface area is 97.3 Å². The van der Waals surface area contributed by atoms with Crippen LogP contribution in [0.25, 0.3) is 0 Å². The maximum absolute atomic E-state index is 11.1. The van der Waals surface area contributed by atoms with E-state index >= 15 is 0 Å². The van der Waals surface area contributed by atoms with E-state index < -0.39 is 0 Å². The summed E-state index contributed by atoms with van der Waals surface area (Å²) in [6.45, 7) is 7.10. The SMILES string of the molecule is Cc1cc(C)cc(CN2CCC(=O)CC2)c1. The van der Waals surface area contributed by atoms with Gasteiger partial charge in [-0.05, 0) is 19.4 Å². The van der Waals surface area contributed by atoms with E-state index in [0.29, 0.717) is 5.78 Å². The van der Waals surface area contributed by atoms with Gasteiger partial charge in [0.25, 0.3) is 0 Å². The number of likely N-dealkylation sites (tertiary alicyclic amines) is 1. The van der Waals surface area contributed by atoms with Crippen LogP contribution in [0.1, 0.15) is 29.5 Å². The summed E-state index contributed by atoms with van der Waals surface area (Å²) in [5, 5.41) is 0. The molecule has 1 heterocycles. The molecule has 0 aromatic heterocycles. The third-order valence-corrected chi connectivity index (χ3v) is 3.10. The van der Waals surface area contributed by atoms with Crippen LogP contribution in [0.15, 0.2) is 18.2 Å². The van der Waals surface area contributed by atoms with E-state index in [1.54, 1.807) is 0 Å². The molecule has 86 valence electrons. The number of nitrogens with zero attached hydrogens (tertiary/aromatic N) is 1. The first-order valence-electron chi connectivity index (χ1n) is 5.95. The molecule has 0 spiro atoms. The average molecular weight is 217 g/mol. The van der Waals surface area contributed by atoms with Gasteiger partial charge in [0.2, 0.25) is 0 Å². The van der Waals surface area contributed by atoms with Crippen LogP contribution in [0.5, 0.6) is 0 Å². The molecule has 2 heteroatoms. The number of Topliss-reactive ketones (excluding diaryl/α,β-unsaturated/α-hetero) is 1. The minimum absolute atomic E-state index is 0.414. The first-order chi connectivity index (χ1) is 7.63. The fourth-order valence-corrected chi connectivity index (χ4v) is 2.38. The van der Waals surface area contributed by atoms with Crippen molar-refractivity contribution < 1.29 is 4.79 Å². The minimum atomic E-state index is 0.414. The molecule has 1 aliphatic rings. The fourth-order valence-electron chi connectivity index (χ4n) is 2.38. The lowest BCUT2D eigenvalue weighted by atomic mass is 10.1. The van der Waals surface area contributed by atoms with E-state index in [4.69, 9.17) is 0 Å². The zero-order valence-corrected chi connectivity index (χ0v) is 10.1. The molecule has 0 saturated carbocycles. The highest BCUT2D eigenvalue weighted by atomic mass is 16.1. The van der Waals surface area contributed by atoms with Gasteiger partial charge in [-0.2, -0.15) is 0 Å². The second-order valence-electron chi connectivity index (χ2n) is 4.81. The number of ketones is 1. The Balaban J connectivity index is 2.00. The standard InChI is InChI=1S/C14H19NO/c1-11-7-12(2)9-13(8-11)10-15-5-3-14(16)4-6-15/h7-9H,3-6,10H2,1-2H3. The zero-order valence-electron chi connectivity index (χ0n) is 10.1. The average Bonchev–Trinajstić information content (AvgIpc) is 2.20. The van der Waals surface area contributed by atoms with Gasteiger partial charge in [-0.1, -0.05) is 29.3 Å². The summed E-state index contributed by atoms with van der Waals surface area (Å²) in [6, 6.07) is 6.68. The van der Waals surface area contributed by atoms with Crippen molar-refractivity contribution in [3.05, 3.63) is 34.9 Å². The monoisotopic (exact) mass is 217 g/mol. The quantitative estimate of drug-likeness (QED) is 0.758. The smallest absolute Gasteiger partial charge is 0.135 e. The van der Waals surface area contributed by atoms with Crippen molar-refractivity contribution in [3.63, 3.8) is 0 Å². The van der Waals surface area contributed by atoms with Gasteiger partial charge < -0.3 is 0 Å². The second kappa shape index (κ2) is 4.79. The van der Waals surface area contributed by atoms with Crippen LogP contribution in [0, 0.1) is 13.8 Å². The van der Waals surface area contributed by atoms with E-state index in [1.165, 1.54) is 16.7 Å². The maximum Gasteiger partial charge on any atom is 0.135 e. The lowest BCUT2D eigenvalue weighted by Crippen LogP contribution is -2.33. The van der Waals surface area contributed by atoms with Crippen molar-refractivity contribution in [2.45, 2.75) is 33.2 Å². The van der Waals surface area contributed by atoms with Gasteiger partial charge in [-0.15, -0.1) is 0 Å². The Morgan fingerprint density at radius 3 is 2.19 bits per heavy atom. The molecule has 0 bridgehead atoms. The van der Waals surface area contributed by atoms with E-state index in [-0.39, 0.29) is 0 Å². The molecule has 2 rings (SSSR count). The summed E-state index contributed by atoms with van der Waals surface area (Å²) in [4.78, 5) is 13.5. The Hall–Kier alpha value is -1.15. The fraction of sp³-hybridized carbons (Fsp3) is 0.500. The van der Waals surface area contributed by atoms with Gasteiger partial charge in [-0.3, -0.25) is 9.69 Å². The molecule has 0 atom stereocenters. The number of carbonyl (C=O) groups is 1. The number of hydrogen-bond acceptors (Lipinski definition) is 2. The van der Waals surface area contributed by atoms with Crippen molar-refractivity contribution in [3.8, 4) is 0 Å². The Kier molecular flexibility index (Phi) is 3.39. The second-order valence-corrected chi connectivity index (χ2v) is 4.81. The third kappa shape index (κ3) is 2.92. The van der Waals surface area contributed by atoms with Gasteiger partial charge in [-0.25, -0.2) is 0 Å². The summed E-state index contributed by atoms with van der Waals surface area (Å²) in [5.74, 6) is 0.414. The van der Waals surface area contributed by atoms with Crippen LogP contribution in [-0.4, -0.2) is 23.8 Å². The molecule has 16 heavy (non-hydrogen) atoms. The normalized spacial score (nSPS) is 17.8. The van der Waals surface area contributed by atoms with Crippen LogP contribution in [0.2, 0.25) is 0 Å². The van der Waals surface area contributed by atoms with Gasteiger partial charge in [0.15, 0.2) is 0 Å². The van der Waals surface area contributed by atoms with Gasteiger partial charge in [0.05, 0.1) is 0 Å². The molecule has 2 nitrogen and oxygen atoms in total. The van der Waals surface area contributed by atoms with Crippen molar-refractivity contribution in [1.29, 1.82) is 0 Å². The maximum atomic E-state index is 11.1. The first kappa shape index (κ1) is 11.3. The largest absolute Gasteiger partial charge is 0.300 e. The molecule has 1 aliphatic heterocycles. The number of rotatable bonds is 2. The lowest BCUT2D eigenvalue weighted by molar-refractivity contribution is -0.121. The van der Waals surface area contributed by atoms with Gasteiger partial charge >= 0.3 is 0 Å². The Morgan fingerprint density at radius 2 is 1.62 bits per heavy atom. The van der Waals surface area contributed by atoms with Crippen LogP contribution >= 0.6 is 0 Å². The predicted octanol–water partition coefficient (Wildman–Crippen LogP) is 2.47. The van der Waals surface area contributed by atoms with E-state index in [1.807, 2.05) is 0 Å². The van der Waals surface area contributed by atoms with Crippen molar-refractivity contribution >= 4 is 5.78 Å². The van der Waals surface area contributed by atoms with Crippen LogP contribution in [0.3, 0.4) is 0 Å². The summed E-state index contributed by atoms with van der Waals surface area (Å²) in [7, 11) is 0. The summed E-state index contributed by atoms with van der Waals surface area (Å²) >= 11 is 0. The number of piperidine rings is 1. The molecule has 0 amide bonds. The first-order valence-corrected chi connectivity index (χ1v) is 5.95. The molecule has 1 fully saturated rings. The van der Waals surface area contributed by atoms with Crippen molar-refractivity contribution in [2.75, 3.05) is 13.1 Å². The molecule has 1 aromatic carbocycles. The van der Waals surface area contributed by atoms with E-state index in [9.17, 15) is 4.79 Å². The summed E-state index contributed by atoms with van der Waals surface area (Å²) in [5.41, 5.74) is 4.01. The van der Waals surface area contributed by atoms with E-state index in [0.717, 1.165) is 32.5 Å². The summed E-state index contributed by atoms with van der Waals surface area (Å²) < 4.78 is 0. The highest BCUT2D eigenvalue weighted by molar-refractivity contribution is 5.79. The van der Waals surface area contributed by atoms with Gasteiger partial charge in [0, 0.05) is 32.5 Å². The topological polar surface area (TPSA) is 20.3 Å². The third-order valence-electron chi connectivity index (χ3n) is 3.10. The molecule has 1 saturated heterocycles. The van der Waals surface area contributed by atoms with Crippen molar-refractivity contribution in [1.82, 2.24) is 4.90 Å². The summed E-state index contributed by atoms with van der Waals surface area (Å²) in [6.07, 6.45) is 1.45. The molecular formula is C14H19NO. The predicted molar refractivity (Wildman–Crippen MR) is 65.4 cm³/mol. The zero-order chi connectivity index (χ0) is 11.5. The minimum Gasteiger partial charge on any atom is -0.300 e. The van der Waals surface area contributed by atoms with Crippen LogP contribution in [0.4, 0.5) is 0 Å². The molecule has 0 radical (unpaired) electrons. The number of carbonyl (C=O) groups excluding carboxylic acids is 1. The number of hydrogen-bond donors (Lipinski definition) is 0. The molecule has 1 aromatic rings. The van der Waals surface area contributed by atoms with Crippen LogP contribution < -0.4 is 0 Å². The Morgan fingerprint density at radius 1 is 1.06 bits per heavy atom. The van der Waals surface area contributed by atoms with E-state index in [2.05, 4.69) is 36.9 Å². The lowest BCUT2D eigenvalue weighted by Gasteiger charge is -2.26. The highest BCUT2D eigenvalue weighted by Gasteiger charge is 2.15. The molecule has 0 unspecified atom stereocenters. The number of benzene rings is 1.